The number of unbranched alkanes of at least 4 members (excludes halogenated alkanes) is 1. The first-order valence-electron chi connectivity index (χ1n) is 12.4. The van der Waals surface area contributed by atoms with E-state index in [0.717, 1.165) is 0 Å². The maximum Gasteiger partial charge on any atom is 0.333 e. The number of esters is 1. The molecule has 0 spiro atoms. The van der Waals surface area contributed by atoms with Gasteiger partial charge in [0.1, 0.15) is 0 Å². The molecule has 12 heteroatoms. The SMILES string of the molecule is CCCCOC(=O)[C@](CCN=C(N)N)(C(=O)[C@H](N)Cc1ccccc1)[C@@](N)(C(=O)O)C(=O)[C@@H]1CCCN1. The topological polar surface area (TPSA) is 226 Å². The highest BCUT2D eigenvalue weighted by Gasteiger charge is 2.69. The molecular formula is C25H38N6O6. The van der Waals surface area contributed by atoms with E-state index in [0.29, 0.717) is 37.8 Å². The third kappa shape index (κ3) is 6.51. The van der Waals surface area contributed by atoms with Gasteiger partial charge in [0.05, 0.1) is 18.7 Å². The lowest BCUT2D eigenvalue weighted by Crippen LogP contribution is -2.75. The molecule has 1 aliphatic rings. The lowest BCUT2D eigenvalue weighted by molar-refractivity contribution is -0.178. The number of nitrogens with one attached hydrogen (secondary N) is 1. The van der Waals surface area contributed by atoms with Crippen LogP contribution in [-0.4, -0.2) is 71.9 Å². The molecule has 37 heavy (non-hydrogen) atoms. The lowest BCUT2D eigenvalue weighted by Gasteiger charge is -2.43. The Morgan fingerprint density at radius 1 is 1.22 bits per heavy atom. The maximum atomic E-state index is 14.1. The summed E-state index contributed by atoms with van der Waals surface area (Å²) in [4.78, 5) is 58.3. The Hall–Kier alpha value is -3.35. The predicted molar refractivity (Wildman–Crippen MR) is 137 cm³/mol. The van der Waals surface area contributed by atoms with Crippen LogP contribution in [0.15, 0.2) is 35.3 Å². The van der Waals surface area contributed by atoms with Crippen molar-refractivity contribution in [3.63, 3.8) is 0 Å². The van der Waals surface area contributed by atoms with E-state index in [1.54, 1.807) is 30.3 Å². The molecule has 0 bridgehead atoms. The van der Waals surface area contributed by atoms with Crippen LogP contribution in [0.4, 0.5) is 0 Å². The quantitative estimate of drug-likeness (QED) is 0.0555. The van der Waals surface area contributed by atoms with Crippen molar-refractivity contribution in [1.29, 1.82) is 0 Å². The van der Waals surface area contributed by atoms with Gasteiger partial charge in [-0.15, -0.1) is 0 Å². The average molecular weight is 519 g/mol. The number of carboxylic acid groups (broad SMARTS) is 1. The Labute approximate surface area is 216 Å². The number of guanidine groups is 1. The maximum absolute atomic E-state index is 14.1. The highest BCUT2D eigenvalue weighted by Crippen LogP contribution is 2.40. The number of carbonyl (C=O) groups is 4. The van der Waals surface area contributed by atoms with E-state index in [2.05, 4.69) is 10.3 Å². The zero-order valence-corrected chi connectivity index (χ0v) is 21.2. The van der Waals surface area contributed by atoms with E-state index in [4.69, 9.17) is 27.7 Å². The van der Waals surface area contributed by atoms with Crippen molar-refractivity contribution < 1.29 is 29.0 Å². The number of ether oxygens (including phenoxy) is 1. The minimum atomic E-state index is -3.00. The molecule has 1 heterocycles. The number of Topliss-reactive ketones (excluding diaryl/α,β-unsaturated/α-hetero) is 2. The van der Waals surface area contributed by atoms with E-state index < -0.39 is 53.0 Å². The smallest absolute Gasteiger partial charge is 0.333 e. The molecule has 4 atom stereocenters. The summed E-state index contributed by atoms with van der Waals surface area (Å²) in [6, 6.07) is 6.39. The van der Waals surface area contributed by atoms with Crippen molar-refractivity contribution in [3.05, 3.63) is 35.9 Å². The molecule has 0 saturated carbocycles. The van der Waals surface area contributed by atoms with Gasteiger partial charge in [0.25, 0.3) is 0 Å². The fraction of sp³-hybridized carbons (Fsp3) is 0.560. The second kappa shape index (κ2) is 13.3. The van der Waals surface area contributed by atoms with Gasteiger partial charge < -0.3 is 38.1 Å². The van der Waals surface area contributed by atoms with Gasteiger partial charge in [0, 0.05) is 6.54 Å². The second-order valence-corrected chi connectivity index (χ2v) is 9.24. The average Bonchev–Trinajstić information content (AvgIpc) is 3.40. The van der Waals surface area contributed by atoms with Crippen molar-refractivity contribution in [2.24, 2.45) is 33.3 Å². The number of aliphatic imine (C=N–C) groups is 1. The number of aliphatic carboxylic acids is 1. The van der Waals surface area contributed by atoms with Crippen LogP contribution in [-0.2, 0) is 30.3 Å². The number of rotatable bonds is 15. The molecule has 1 fully saturated rings. The van der Waals surface area contributed by atoms with Crippen LogP contribution >= 0.6 is 0 Å². The normalized spacial score (nSPS) is 19.2. The van der Waals surface area contributed by atoms with Gasteiger partial charge in [0.15, 0.2) is 28.5 Å². The Morgan fingerprint density at radius 2 is 1.89 bits per heavy atom. The minimum absolute atomic E-state index is 0.0302. The number of hydrogen-bond acceptors (Lipinski definition) is 9. The molecule has 0 unspecified atom stereocenters. The van der Waals surface area contributed by atoms with Crippen LogP contribution in [0.5, 0.6) is 0 Å². The molecular weight excluding hydrogens is 480 g/mol. The van der Waals surface area contributed by atoms with E-state index >= 15 is 0 Å². The highest BCUT2D eigenvalue weighted by atomic mass is 16.5. The molecule has 1 aliphatic heterocycles. The van der Waals surface area contributed by atoms with E-state index in [1.807, 2.05) is 6.92 Å². The standard InChI is InChI=1S/C25H38N6O6/c1-2-3-14-37-22(36)24(11-13-31-23(27)28,19(32)17(26)15-16-8-5-4-6-9-16)25(29,21(34)35)20(33)18-10-7-12-30-18/h4-6,8-9,17-18,30H,2-3,7,10-15,26,29H2,1H3,(H,34,35)(H4,27,28,31)/t17-,18+,24+,25+/m1/s1. The molecule has 0 amide bonds. The van der Waals surface area contributed by atoms with Crippen molar-refractivity contribution in [3.8, 4) is 0 Å². The Bertz CT molecular complexity index is 993. The minimum Gasteiger partial charge on any atom is -0.479 e. The first-order valence-corrected chi connectivity index (χ1v) is 12.4. The summed E-state index contributed by atoms with van der Waals surface area (Å²) >= 11 is 0. The van der Waals surface area contributed by atoms with Gasteiger partial charge in [-0.25, -0.2) is 4.79 Å². The Morgan fingerprint density at radius 3 is 2.43 bits per heavy atom. The van der Waals surface area contributed by atoms with Crippen LogP contribution in [0.25, 0.3) is 0 Å². The zero-order chi connectivity index (χ0) is 27.6. The zero-order valence-electron chi connectivity index (χ0n) is 21.2. The first-order chi connectivity index (χ1) is 17.5. The summed E-state index contributed by atoms with van der Waals surface area (Å²) in [5.41, 5.74) is 18.6. The van der Waals surface area contributed by atoms with Crippen molar-refractivity contribution in [1.82, 2.24) is 5.32 Å². The van der Waals surface area contributed by atoms with Gasteiger partial charge in [-0.2, -0.15) is 0 Å². The van der Waals surface area contributed by atoms with Crippen LogP contribution in [0.2, 0.25) is 0 Å². The molecule has 0 aliphatic carbocycles. The Balaban J connectivity index is 2.70. The summed E-state index contributed by atoms with van der Waals surface area (Å²) in [5.74, 6) is -5.47. The van der Waals surface area contributed by atoms with Gasteiger partial charge >= 0.3 is 11.9 Å². The summed E-state index contributed by atoms with van der Waals surface area (Å²) in [7, 11) is 0. The number of ketones is 2. The number of benzene rings is 1. The van der Waals surface area contributed by atoms with Crippen LogP contribution in [0.3, 0.4) is 0 Å². The number of nitrogens with zero attached hydrogens (tertiary/aromatic N) is 1. The highest BCUT2D eigenvalue weighted by molar-refractivity contribution is 6.22. The molecule has 0 radical (unpaired) electrons. The molecule has 1 aromatic rings. The molecule has 204 valence electrons. The van der Waals surface area contributed by atoms with Gasteiger partial charge in [0.2, 0.25) is 0 Å². The molecule has 0 aromatic heterocycles. The molecule has 10 N–H and O–H groups in total. The fourth-order valence-electron chi connectivity index (χ4n) is 4.62. The number of carboxylic acids is 1. The van der Waals surface area contributed by atoms with Crippen molar-refractivity contribution in [2.75, 3.05) is 19.7 Å². The summed E-state index contributed by atoms with van der Waals surface area (Å²) < 4.78 is 5.39. The van der Waals surface area contributed by atoms with E-state index in [-0.39, 0.29) is 25.5 Å². The molecule has 1 aromatic carbocycles. The summed E-state index contributed by atoms with van der Waals surface area (Å²) in [6.07, 6.45) is 1.37. The second-order valence-electron chi connectivity index (χ2n) is 9.24. The van der Waals surface area contributed by atoms with Crippen molar-refractivity contribution >= 4 is 29.5 Å². The molecule has 2 rings (SSSR count). The number of carbonyl (C=O) groups excluding carboxylic acids is 3. The van der Waals surface area contributed by atoms with E-state index in [9.17, 15) is 24.3 Å². The molecule has 12 nitrogen and oxygen atoms in total. The summed E-state index contributed by atoms with van der Waals surface area (Å²) in [5, 5.41) is 13.3. The largest absolute Gasteiger partial charge is 0.479 e. The summed E-state index contributed by atoms with van der Waals surface area (Å²) in [6.45, 7) is 1.84. The number of nitrogens with two attached hydrogens (primary N) is 4. The molecule has 1 saturated heterocycles. The van der Waals surface area contributed by atoms with Crippen molar-refractivity contribution in [2.45, 2.75) is 63.1 Å². The monoisotopic (exact) mass is 518 g/mol. The fourth-order valence-corrected chi connectivity index (χ4v) is 4.62. The third-order valence-electron chi connectivity index (χ3n) is 6.69. The lowest BCUT2D eigenvalue weighted by atomic mass is 9.60. The van der Waals surface area contributed by atoms with Crippen LogP contribution in [0, 0.1) is 5.41 Å². The van der Waals surface area contributed by atoms with E-state index in [1.165, 1.54) is 0 Å². The van der Waals surface area contributed by atoms with Gasteiger partial charge in [-0.1, -0.05) is 43.7 Å². The predicted octanol–water partition coefficient (Wildman–Crippen LogP) is -0.778. The van der Waals surface area contributed by atoms with Gasteiger partial charge in [-0.3, -0.25) is 19.4 Å². The number of hydrogen-bond donors (Lipinski definition) is 6. The van der Waals surface area contributed by atoms with Crippen LogP contribution in [0.1, 0.15) is 44.6 Å². The first kappa shape index (κ1) is 29.9. The van der Waals surface area contributed by atoms with Crippen LogP contribution < -0.4 is 28.3 Å². The Kier molecular flexibility index (Phi) is 10.7. The third-order valence-corrected chi connectivity index (χ3v) is 6.69. The van der Waals surface area contributed by atoms with Gasteiger partial charge in [-0.05, 0) is 44.2 Å².